The first-order valence-electron chi connectivity index (χ1n) is 9.98. The van der Waals surface area contributed by atoms with Crippen molar-refractivity contribution in [2.24, 2.45) is 10.3 Å². The fraction of sp³-hybridized carbons (Fsp3) is 0.318. The molecule has 0 radical (unpaired) electrons. The van der Waals surface area contributed by atoms with E-state index in [1.807, 2.05) is 12.1 Å². The maximum atomic E-state index is 13.0. The van der Waals surface area contributed by atoms with Gasteiger partial charge in [-0.25, -0.2) is 4.90 Å². The van der Waals surface area contributed by atoms with E-state index < -0.39 is 23.9 Å². The Labute approximate surface area is 179 Å². The molecule has 2 atom stereocenters. The summed E-state index contributed by atoms with van der Waals surface area (Å²) in [6.45, 7) is 3.94. The summed E-state index contributed by atoms with van der Waals surface area (Å²) in [5, 5.41) is 11.9. The van der Waals surface area contributed by atoms with E-state index in [1.54, 1.807) is 43.5 Å². The van der Waals surface area contributed by atoms with Crippen LogP contribution in [0.25, 0.3) is 0 Å². The van der Waals surface area contributed by atoms with E-state index >= 15 is 0 Å². The molecule has 1 N–H and O–H groups in total. The molecule has 9 heteroatoms. The Balaban J connectivity index is 1.45. The number of fused-ring (bicyclic) bond motifs is 1. The van der Waals surface area contributed by atoms with Crippen molar-refractivity contribution in [2.45, 2.75) is 31.8 Å². The highest BCUT2D eigenvalue weighted by Crippen LogP contribution is 2.32. The second kappa shape index (κ2) is 8.17. The van der Waals surface area contributed by atoms with Crippen LogP contribution in [0.4, 0.5) is 11.4 Å². The van der Waals surface area contributed by atoms with Crippen molar-refractivity contribution in [3.8, 4) is 5.75 Å². The highest BCUT2D eigenvalue weighted by molar-refractivity contribution is 6.25. The summed E-state index contributed by atoms with van der Waals surface area (Å²) < 4.78 is 5.09. The zero-order valence-corrected chi connectivity index (χ0v) is 17.5. The molecule has 2 aromatic rings. The van der Waals surface area contributed by atoms with Crippen LogP contribution < -0.4 is 15.0 Å². The van der Waals surface area contributed by atoms with Crippen molar-refractivity contribution in [1.82, 2.24) is 5.01 Å². The van der Waals surface area contributed by atoms with Crippen molar-refractivity contribution in [1.29, 1.82) is 0 Å². The largest absolute Gasteiger partial charge is 0.497 e. The quantitative estimate of drug-likeness (QED) is 0.723. The highest BCUT2D eigenvalue weighted by Gasteiger charge is 2.55. The fourth-order valence-electron chi connectivity index (χ4n) is 3.64. The molecule has 0 spiro atoms. The number of hydrogen-bond donors (Lipinski definition) is 1. The van der Waals surface area contributed by atoms with E-state index in [1.165, 1.54) is 5.01 Å². The third kappa shape index (κ3) is 3.86. The number of hydrogen-bond acceptors (Lipinski definition) is 7. The summed E-state index contributed by atoms with van der Waals surface area (Å²) in [6.07, 6.45) is 0. The Morgan fingerprint density at radius 3 is 2.35 bits per heavy atom. The topological polar surface area (TPSA) is 104 Å². The lowest BCUT2D eigenvalue weighted by atomic mass is 10.0. The van der Waals surface area contributed by atoms with Gasteiger partial charge in [-0.2, -0.15) is 5.11 Å². The lowest BCUT2D eigenvalue weighted by Crippen LogP contribution is -2.43. The van der Waals surface area contributed by atoms with Gasteiger partial charge in [0.2, 0.25) is 5.91 Å². The SMILES string of the molecule is COc1ccc(NC(=O)CN2N=N[C@H]3C(=O)N(c4ccc(C(C)C)cc4)C(=O)[C@H]32)cc1. The number of methoxy groups -OCH3 is 1. The summed E-state index contributed by atoms with van der Waals surface area (Å²) in [6, 6.07) is 12.3. The highest BCUT2D eigenvalue weighted by atomic mass is 16.5. The molecule has 3 amide bonds. The molecule has 2 aromatic carbocycles. The number of benzene rings is 2. The minimum absolute atomic E-state index is 0.199. The van der Waals surface area contributed by atoms with Gasteiger partial charge in [-0.1, -0.05) is 31.2 Å². The summed E-state index contributed by atoms with van der Waals surface area (Å²) >= 11 is 0. The molecule has 1 fully saturated rings. The molecule has 2 aliphatic rings. The first kappa shape index (κ1) is 20.5. The molecule has 0 aliphatic carbocycles. The smallest absolute Gasteiger partial charge is 0.263 e. The molecule has 0 unspecified atom stereocenters. The van der Waals surface area contributed by atoms with Crippen LogP contribution in [0.1, 0.15) is 25.3 Å². The van der Waals surface area contributed by atoms with Crippen LogP contribution >= 0.6 is 0 Å². The zero-order chi connectivity index (χ0) is 22.1. The summed E-state index contributed by atoms with van der Waals surface area (Å²) in [4.78, 5) is 39.4. The second-order valence-corrected chi connectivity index (χ2v) is 7.73. The monoisotopic (exact) mass is 421 g/mol. The van der Waals surface area contributed by atoms with Crippen molar-refractivity contribution >= 4 is 29.1 Å². The van der Waals surface area contributed by atoms with Gasteiger partial charge >= 0.3 is 0 Å². The van der Waals surface area contributed by atoms with Crippen LogP contribution in [0.3, 0.4) is 0 Å². The van der Waals surface area contributed by atoms with Gasteiger partial charge in [0.15, 0.2) is 12.1 Å². The van der Waals surface area contributed by atoms with E-state index in [4.69, 9.17) is 4.74 Å². The predicted molar refractivity (Wildman–Crippen MR) is 114 cm³/mol. The first-order chi connectivity index (χ1) is 14.9. The van der Waals surface area contributed by atoms with Gasteiger partial charge in [-0.05, 0) is 47.9 Å². The number of carbonyl (C=O) groups is 3. The van der Waals surface area contributed by atoms with Crippen LogP contribution in [-0.4, -0.2) is 48.5 Å². The lowest BCUT2D eigenvalue weighted by molar-refractivity contribution is -0.123. The molecule has 0 aromatic heterocycles. The summed E-state index contributed by atoms with van der Waals surface area (Å²) in [7, 11) is 1.56. The number of nitrogens with one attached hydrogen (secondary N) is 1. The predicted octanol–water partition coefficient (Wildman–Crippen LogP) is 2.75. The summed E-state index contributed by atoms with van der Waals surface area (Å²) in [5.74, 6) is -0.230. The molecule has 9 nitrogen and oxygen atoms in total. The van der Waals surface area contributed by atoms with Crippen LogP contribution in [0, 0.1) is 0 Å². The molecule has 2 aliphatic heterocycles. The average molecular weight is 421 g/mol. The average Bonchev–Trinajstić information content (AvgIpc) is 3.28. The summed E-state index contributed by atoms with van der Waals surface area (Å²) in [5.41, 5.74) is 2.19. The Kier molecular flexibility index (Phi) is 5.41. The lowest BCUT2D eigenvalue weighted by Gasteiger charge is -2.20. The molecule has 160 valence electrons. The molecular weight excluding hydrogens is 398 g/mol. The van der Waals surface area contributed by atoms with Gasteiger partial charge in [0.25, 0.3) is 11.8 Å². The van der Waals surface area contributed by atoms with Crippen LogP contribution in [0.2, 0.25) is 0 Å². The number of nitrogens with zero attached hydrogens (tertiary/aromatic N) is 4. The first-order valence-corrected chi connectivity index (χ1v) is 9.98. The number of carbonyl (C=O) groups excluding carboxylic acids is 3. The Morgan fingerprint density at radius 2 is 1.74 bits per heavy atom. The van der Waals surface area contributed by atoms with Gasteiger partial charge in [0.05, 0.1) is 12.8 Å². The number of imide groups is 1. The minimum atomic E-state index is -0.939. The molecule has 0 bridgehead atoms. The van der Waals surface area contributed by atoms with Crippen LogP contribution in [0.15, 0.2) is 58.9 Å². The number of rotatable bonds is 6. The van der Waals surface area contributed by atoms with Crippen molar-refractivity contribution in [2.75, 3.05) is 23.9 Å². The van der Waals surface area contributed by atoms with E-state index in [0.29, 0.717) is 23.0 Å². The minimum Gasteiger partial charge on any atom is -0.497 e. The van der Waals surface area contributed by atoms with E-state index in [-0.39, 0.29) is 12.5 Å². The van der Waals surface area contributed by atoms with Gasteiger partial charge < -0.3 is 10.1 Å². The number of amides is 3. The maximum absolute atomic E-state index is 13.0. The standard InChI is InChI=1S/C22H23N5O4/c1-13(2)14-4-8-16(9-5-14)27-21(29)19-20(22(27)30)26(25-24-19)12-18(28)23-15-6-10-17(31-3)11-7-15/h4-11,13,19-20H,12H2,1-3H3,(H,23,28)/t19-,20+/m1/s1. The van der Waals surface area contributed by atoms with Crippen molar-refractivity contribution in [3.63, 3.8) is 0 Å². The molecular formula is C22H23N5O4. The molecule has 2 heterocycles. The Morgan fingerprint density at radius 1 is 1.06 bits per heavy atom. The van der Waals surface area contributed by atoms with Crippen LogP contribution in [0.5, 0.6) is 5.75 Å². The van der Waals surface area contributed by atoms with Gasteiger partial charge in [-0.3, -0.25) is 19.4 Å². The van der Waals surface area contributed by atoms with Gasteiger partial charge in [-0.15, -0.1) is 0 Å². The molecule has 31 heavy (non-hydrogen) atoms. The molecule has 0 saturated carbocycles. The Bertz CT molecular complexity index is 1030. The number of anilines is 2. The number of ether oxygens (including phenoxy) is 1. The van der Waals surface area contributed by atoms with E-state index in [9.17, 15) is 14.4 Å². The van der Waals surface area contributed by atoms with Gasteiger partial charge in [0.1, 0.15) is 12.3 Å². The molecule has 4 rings (SSSR count). The van der Waals surface area contributed by atoms with Crippen molar-refractivity contribution < 1.29 is 19.1 Å². The van der Waals surface area contributed by atoms with Crippen molar-refractivity contribution in [3.05, 3.63) is 54.1 Å². The van der Waals surface area contributed by atoms with Gasteiger partial charge in [0, 0.05) is 5.69 Å². The maximum Gasteiger partial charge on any atom is 0.263 e. The van der Waals surface area contributed by atoms with Crippen LogP contribution in [-0.2, 0) is 14.4 Å². The van der Waals surface area contributed by atoms with E-state index in [2.05, 4.69) is 29.5 Å². The third-order valence-corrected chi connectivity index (χ3v) is 5.36. The molecule has 1 saturated heterocycles. The zero-order valence-electron chi connectivity index (χ0n) is 17.5. The second-order valence-electron chi connectivity index (χ2n) is 7.73. The normalized spacial score (nSPS) is 19.9. The van der Waals surface area contributed by atoms with E-state index in [0.717, 1.165) is 10.5 Å². The fourth-order valence-corrected chi connectivity index (χ4v) is 3.64. The third-order valence-electron chi connectivity index (χ3n) is 5.36. The Hall–Kier alpha value is -3.75.